The summed E-state index contributed by atoms with van der Waals surface area (Å²) in [5, 5.41) is 3.27. The third-order valence-electron chi connectivity index (χ3n) is 3.57. The quantitative estimate of drug-likeness (QED) is 0.921. The number of benzene rings is 1. The van der Waals surface area contributed by atoms with Gasteiger partial charge in [-0.25, -0.2) is 14.4 Å². The standard InChI is InChI=1S/C17H23FN4/c1-11-12(2)20-13(3)21-17(11)19-9-14-6-7-15(10-22(4)5)16(18)8-14/h6-8H,9-10H2,1-5H3,(H,19,20,21). The van der Waals surface area contributed by atoms with Crippen LogP contribution in [0.4, 0.5) is 10.2 Å². The minimum absolute atomic E-state index is 0.167. The topological polar surface area (TPSA) is 41.1 Å². The summed E-state index contributed by atoms with van der Waals surface area (Å²) in [5.74, 6) is 1.38. The molecule has 0 saturated heterocycles. The van der Waals surface area contributed by atoms with Crippen LogP contribution in [0.25, 0.3) is 0 Å². The van der Waals surface area contributed by atoms with Crippen LogP contribution in [0.1, 0.15) is 28.2 Å². The highest BCUT2D eigenvalue weighted by molar-refractivity contribution is 5.46. The molecule has 22 heavy (non-hydrogen) atoms. The van der Waals surface area contributed by atoms with Gasteiger partial charge < -0.3 is 10.2 Å². The largest absolute Gasteiger partial charge is 0.366 e. The molecule has 1 heterocycles. The number of nitrogens with one attached hydrogen (secondary N) is 1. The Labute approximate surface area is 131 Å². The van der Waals surface area contributed by atoms with Gasteiger partial charge in [0.2, 0.25) is 0 Å². The Hall–Kier alpha value is -2.01. The Morgan fingerprint density at radius 2 is 1.86 bits per heavy atom. The molecule has 1 aromatic heterocycles. The van der Waals surface area contributed by atoms with Crippen molar-refractivity contribution >= 4 is 5.82 Å². The Balaban J connectivity index is 2.11. The molecule has 1 aromatic carbocycles. The van der Waals surface area contributed by atoms with Crippen LogP contribution >= 0.6 is 0 Å². The highest BCUT2D eigenvalue weighted by Crippen LogP contribution is 2.17. The first kappa shape index (κ1) is 16.4. The van der Waals surface area contributed by atoms with E-state index >= 15 is 0 Å². The fourth-order valence-electron chi connectivity index (χ4n) is 2.30. The van der Waals surface area contributed by atoms with Gasteiger partial charge in [-0.15, -0.1) is 0 Å². The number of nitrogens with zero attached hydrogens (tertiary/aromatic N) is 3. The van der Waals surface area contributed by atoms with E-state index in [-0.39, 0.29) is 5.82 Å². The molecule has 2 aromatic rings. The third kappa shape index (κ3) is 4.01. The second kappa shape index (κ2) is 6.83. The smallest absolute Gasteiger partial charge is 0.133 e. The fourth-order valence-corrected chi connectivity index (χ4v) is 2.30. The number of hydrogen-bond donors (Lipinski definition) is 1. The Kier molecular flexibility index (Phi) is 5.08. The average molecular weight is 302 g/mol. The van der Waals surface area contributed by atoms with E-state index in [4.69, 9.17) is 0 Å². The monoisotopic (exact) mass is 302 g/mol. The summed E-state index contributed by atoms with van der Waals surface area (Å²) in [6.07, 6.45) is 0. The molecule has 0 aliphatic carbocycles. The SMILES string of the molecule is Cc1nc(C)c(C)c(NCc2ccc(CN(C)C)c(F)c2)n1. The normalized spacial score (nSPS) is 11.0. The number of anilines is 1. The molecule has 0 unspecified atom stereocenters. The van der Waals surface area contributed by atoms with Gasteiger partial charge in [-0.3, -0.25) is 0 Å². The molecule has 0 radical (unpaired) electrons. The maximum Gasteiger partial charge on any atom is 0.133 e. The lowest BCUT2D eigenvalue weighted by Crippen LogP contribution is -2.12. The lowest BCUT2D eigenvalue weighted by Gasteiger charge is -2.13. The van der Waals surface area contributed by atoms with Gasteiger partial charge in [-0.05, 0) is 46.5 Å². The first-order chi connectivity index (χ1) is 10.4. The fraction of sp³-hybridized carbons (Fsp3) is 0.412. The van der Waals surface area contributed by atoms with E-state index in [0.29, 0.717) is 18.7 Å². The lowest BCUT2D eigenvalue weighted by molar-refractivity contribution is 0.392. The first-order valence-electron chi connectivity index (χ1n) is 7.34. The van der Waals surface area contributed by atoms with Gasteiger partial charge in [-0.2, -0.15) is 0 Å². The van der Waals surface area contributed by atoms with Crippen LogP contribution < -0.4 is 5.32 Å². The molecule has 1 N–H and O–H groups in total. The number of hydrogen-bond acceptors (Lipinski definition) is 4. The molecule has 0 bridgehead atoms. The van der Waals surface area contributed by atoms with Crippen LogP contribution in [0.15, 0.2) is 18.2 Å². The molecular formula is C17H23FN4. The minimum Gasteiger partial charge on any atom is -0.366 e. The maximum absolute atomic E-state index is 14.1. The van der Waals surface area contributed by atoms with Crippen LogP contribution in [0.5, 0.6) is 0 Å². The Bertz CT molecular complexity index is 668. The summed E-state index contributed by atoms with van der Waals surface area (Å²) >= 11 is 0. The molecule has 0 spiro atoms. The van der Waals surface area contributed by atoms with Gasteiger partial charge in [0.25, 0.3) is 0 Å². The summed E-state index contributed by atoms with van der Waals surface area (Å²) in [6, 6.07) is 5.38. The Morgan fingerprint density at radius 1 is 1.14 bits per heavy atom. The van der Waals surface area contributed by atoms with Crippen molar-refractivity contribution in [2.75, 3.05) is 19.4 Å². The summed E-state index contributed by atoms with van der Waals surface area (Å²) in [6.45, 7) is 6.95. The van der Waals surface area contributed by atoms with Crippen LogP contribution in [0.3, 0.4) is 0 Å². The molecule has 2 rings (SSSR count). The first-order valence-corrected chi connectivity index (χ1v) is 7.34. The number of rotatable bonds is 5. The zero-order valence-corrected chi connectivity index (χ0v) is 13.9. The third-order valence-corrected chi connectivity index (χ3v) is 3.57. The molecule has 0 aliphatic rings. The van der Waals surface area contributed by atoms with E-state index in [2.05, 4.69) is 15.3 Å². The number of aryl methyl sites for hydroxylation is 2. The van der Waals surface area contributed by atoms with Crippen molar-refractivity contribution < 1.29 is 4.39 Å². The average Bonchev–Trinajstić information content (AvgIpc) is 2.43. The second-order valence-electron chi connectivity index (χ2n) is 5.85. The van der Waals surface area contributed by atoms with Crippen LogP contribution in [-0.2, 0) is 13.1 Å². The van der Waals surface area contributed by atoms with Crippen molar-refractivity contribution in [1.82, 2.24) is 14.9 Å². The van der Waals surface area contributed by atoms with Crippen molar-refractivity contribution in [3.05, 3.63) is 52.2 Å². The van der Waals surface area contributed by atoms with Gasteiger partial charge in [0.05, 0.1) is 0 Å². The van der Waals surface area contributed by atoms with Gasteiger partial charge >= 0.3 is 0 Å². The summed E-state index contributed by atoms with van der Waals surface area (Å²) in [7, 11) is 3.86. The van der Waals surface area contributed by atoms with E-state index in [0.717, 1.165) is 28.5 Å². The summed E-state index contributed by atoms with van der Waals surface area (Å²) < 4.78 is 14.1. The van der Waals surface area contributed by atoms with Crippen LogP contribution in [0.2, 0.25) is 0 Å². The molecule has 0 aliphatic heterocycles. The van der Waals surface area contributed by atoms with Crippen LogP contribution in [-0.4, -0.2) is 29.0 Å². The summed E-state index contributed by atoms with van der Waals surface area (Å²) in [4.78, 5) is 10.7. The van der Waals surface area contributed by atoms with Crippen molar-refractivity contribution in [2.45, 2.75) is 33.9 Å². The van der Waals surface area contributed by atoms with Gasteiger partial charge in [0, 0.05) is 29.9 Å². The molecule has 0 amide bonds. The van der Waals surface area contributed by atoms with E-state index in [1.807, 2.05) is 51.9 Å². The molecule has 0 fully saturated rings. The number of halogens is 1. The molecule has 118 valence electrons. The predicted molar refractivity (Wildman–Crippen MR) is 87.4 cm³/mol. The van der Waals surface area contributed by atoms with Crippen molar-refractivity contribution in [1.29, 1.82) is 0 Å². The highest BCUT2D eigenvalue weighted by atomic mass is 19.1. The van der Waals surface area contributed by atoms with E-state index < -0.39 is 0 Å². The van der Waals surface area contributed by atoms with E-state index in [1.54, 1.807) is 6.07 Å². The van der Waals surface area contributed by atoms with Crippen molar-refractivity contribution in [2.24, 2.45) is 0 Å². The minimum atomic E-state index is -0.167. The van der Waals surface area contributed by atoms with Crippen LogP contribution in [0, 0.1) is 26.6 Å². The highest BCUT2D eigenvalue weighted by Gasteiger charge is 2.08. The Morgan fingerprint density at radius 3 is 2.50 bits per heavy atom. The maximum atomic E-state index is 14.1. The van der Waals surface area contributed by atoms with Gasteiger partial charge in [-0.1, -0.05) is 12.1 Å². The molecular weight excluding hydrogens is 279 g/mol. The zero-order chi connectivity index (χ0) is 16.3. The second-order valence-corrected chi connectivity index (χ2v) is 5.85. The molecule has 0 saturated carbocycles. The lowest BCUT2D eigenvalue weighted by atomic mass is 10.1. The molecule has 0 atom stereocenters. The van der Waals surface area contributed by atoms with Gasteiger partial charge in [0.15, 0.2) is 0 Å². The van der Waals surface area contributed by atoms with E-state index in [1.165, 1.54) is 0 Å². The van der Waals surface area contributed by atoms with Crippen molar-refractivity contribution in [3.63, 3.8) is 0 Å². The zero-order valence-electron chi connectivity index (χ0n) is 13.9. The molecule has 5 heteroatoms. The van der Waals surface area contributed by atoms with E-state index in [9.17, 15) is 4.39 Å². The predicted octanol–water partition coefficient (Wildman–Crippen LogP) is 3.21. The molecule has 4 nitrogen and oxygen atoms in total. The number of aromatic nitrogens is 2. The van der Waals surface area contributed by atoms with Gasteiger partial charge in [0.1, 0.15) is 17.5 Å². The van der Waals surface area contributed by atoms with Crippen molar-refractivity contribution in [3.8, 4) is 0 Å². The summed E-state index contributed by atoms with van der Waals surface area (Å²) in [5.41, 5.74) is 3.59.